The van der Waals surface area contributed by atoms with Crippen LogP contribution in [0.15, 0.2) is 24.3 Å². The highest BCUT2D eigenvalue weighted by molar-refractivity contribution is 7.16. The van der Waals surface area contributed by atoms with Crippen molar-refractivity contribution in [3.63, 3.8) is 0 Å². The summed E-state index contributed by atoms with van der Waals surface area (Å²) in [5.41, 5.74) is -0.202. The number of benzene rings is 1. The van der Waals surface area contributed by atoms with Crippen LogP contribution in [-0.2, 0) is 14.3 Å². The number of carbonyl (C=O) groups is 3. The zero-order valence-electron chi connectivity index (χ0n) is 17.2. The van der Waals surface area contributed by atoms with E-state index < -0.39 is 11.6 Å². The molecule has 30 heavy (non-hydrogen) atoms. The average molecular weight is 451 g/mol. The minimum absolute atomic E-state index is 0.0347. The second-order valence-corrected chi connectivity index (χ2v) is 8.99. The molecule has 2 aromatic rings. The molecule has 160 valence electrons. The van der Waals surface area contributed by atoms with Gasteiger partial charge in [0.2, 0.25) is 5.91 Å². The Labute approximate surface area is 183 Å². The topological polar surface area (TPSA) is 84.9 Å². The maximum atomic E-state index is 12.9. The molecule has 9 heteroatoms. The van der Waals surface area contributed by atoms with Crippen LogP contribution < -0.4 is 15.0 Å². The summed E-state index contributed by atoms with van der Waals surface area (Å²) in [5, 5.41) is 3.67. The third kappa shape index (κ3) is 4.60. The molecule has 2 amide bonds. The van der Waals surface area contributed by atoms with E-state index in [1.807, 2.05) is 6.92 Å². The van der Waals surface area contributed by atoms with E-state index in [0.29, 0.717) is 27.0 Å². The quantitative estimate of drug-likeness (QED) is 0.658. The summed E-state index contributed by atoms with van der Waals surface area (Å²) in [7, 11) is 0. The highest BCUT2D eigenvalue weighted by atomic mass is 35.5. The van der Waals surface area contributed by atoms with Gasteiger partial charge in [-0.05, 0) is 52.0 Å². The van der Waals surface area contributed by atoms with Crippen LogP contribution in [0, 0.1) is 6.92 Å². The predicted molar refractivity (Wildman–Crippen MR) is 117 cm³/mol. The van der Waals surface area contributed by atoms with Crippen molar-refractivity contribution in [2.75, 3.05) is 23.4 Å². The molecule has 0 saturated carbocycles. The van der Waals surface area contributed by atoms with E-state index in [-0.39, 0.29) is 31.4 Å². The number of anilines is 2. The molecular formula is C21H23ClN2O5S. The highest BCUT2D eigenvalue weighted by Gasteiger charge is 2.41. The third-order valence-electron chi connectivity index (χ3n) is 4.50. The van der Waals surface area contributed by atoms with Crippen molar-refractivity contribution in [2.45, 2.75) is 39.7 Å². The maximum absolute atomic E-state index is 12.9. The molecule has 1 aliphatic heterocycles. The van der Waals surface area contributed by atoms with Gasteiger partial charge in [0, 0.05) is 22.9 Å². The number of ether oxygens (including phenoxy) is 2. The second-order valence-electron chi connectivity index (χ2n) is 7.30. The lowest BCUT2D eigenvalue weighted by Crippen LogP contribution is -2.53. The Morgan fingerprint density at radius 1 is 1.30 bits per heavy atom. The van der Waals surface area contributed by atoms with E-state index in [4.69, 9.17) is 21.1 Å². The smallest absolute Gasteiger partial charge is 0.341 e. The van der Waals surface area contributed by atoms with Gasteiger partial charge in [0.15, 0.2) is 5.60 Å². The van der Waals surface area contributed by atoms with Gasteiger partial charge >= 0.3 is 5.97 Å². The van der Waals surface area contributed by atoms with Crippen LogP contribution in [0.2, 0.25) is 5.02 Å². The normalized spacial score (nSPS) is 14.7. The number of esters is 1. The van der Waals surface area contributed by atoms with E-state index >= 15 is 0 Å². The number of nitrogens with one attached hydrogen (secondary N) is 1. The monoisotopic (exact) mass is 450 g/mol. The first-order valence-corrected chi connectivity index (χ1v) is 10.7. The van der Waals surface area contributed by atoms with Crippen molar-refractivity contribution in [1.29, 1.82) is 0 Å². The number of thiophene rings is 1. The van der Waals surface area contributed by atoms with Gasteiger partial charge in [-0.1, -0.05) is 11.6 Å². The largest absolute Gasteiger partial charge is 0.476 e. The lowest BCUT2D eigenvalue weighted by atomic mass is 10.0. The van der Waals surface area contributed by atoms with Crippen molar-refractivity contribution in [2.24, 2.45) is 0 Å². The summed E-state index contributed by atoms with van der Waals surface area (Å²) < 4.78 is 10.8. The summed E-state index contributed by atoms with van der Waals surface area (Å²) in [6.45, 7) is 7.32. The number of carbonyl (C=O) groups excluding carboxylic acids is 3. The van der Waals surface area contributed by atoms with Gasteiger partial charge in [-0.2, -0.15) is 0 Å². The van der Waals surface area contributed by atoms with Crippen molar-refractivity contribution < 1.29 is 23.9 Å². The van der Waals surface area contributed by atoms with E-state index in [0.717, 1.165) is 4.88 Å². The molecule has 0 saturated heterocycles. The lowest BCUT2D eigenvalue weighted by Gasteiger charge is -2.38. The molecule has 0 fully saturated rings. The van der Waals surface area contributed by atoms with Gasteiger partial charge in [0.1, 0.15) is 10.8 Å². The minimum atomic E-state index is -1.06. The molecule has 0 aliphatic carbocycles. The van der Waals surface area contributed by atoms with Crippen LogP contribution in [0.4, 0.5) is 10.7 Å². The van der Waals surface area contributed by atoms with Crippen molar-refractivity contribution >= 4 is 51.4 Å². The van der Waals surface area contributed by atoms with Crippen LogP contribution in [0.3, 0.4) is 0 Å². The molecule has 0 bridgehead atoms. The Kier molecular flexibility index (Phi) is 6.38. The van der Waals surface area contributed by atoms with Crippen LogP contribution in [0.5, 0.6) is 5.75 Å². The first-order valence-electron chi connectivity index (χ1n) is 9.50. The third-order valence-corrected chi connectivity index (χ3v) is 5.70. The molecule has 0 atom stereocenters. The summed E-state index contributed by atoms with van der Waals surface area (Å²) in [4.78, 5) is 40.0. The Morgan fingerprint density at radius 2 is 2.03 bits per heavy atom. The van der Waals surface area contributed by atoms with Gasteiger partial charge in [-0.25, -0.2) is 4.79 Å². The van der Waals surface area contributed by atoms with Gasteiger partial charge < -0.3 is 19.7 Å². The molecule has 0 radical (unpaired) electrons. The van der Waals surface area contributed by atoms with E-state index in [9.17, 15) is 14.4 Å². The van der Waals surface area contributed by atoms with Crippen LogP contribution in [-0.4, -0.2) is 36.5 Å². The number of hydrogen-bond acceptors (Lipinski definition) is 6. The fourth-order valence-corrected chi connectivity index (χ4v) is 4.21. The lowest BCUT2D eigenvalue weighted by molar-refractivity contribution is -0.132. The molecule has 2 heterocycles. The number of aryl methyl sites for hydroxylation is 1. The van der Waals surface area contributed by atoms with Crippen molar-refractivity contribution in [3.05, 3.63) is 39.7 Å². The first kappa shape index (κ1) is 22.1. The standard InChI is InChI=1S/C21H23ClN2O5S/c1-5-28-19(26)14-10-12(2)30-18(14)23-17(25)8-9-24-15-11-13(22)6-7-16(15)29-21(3,4)20(24)27/h6-7,10-11H,5,8-9H2,1-4H3,(H,23,25). The van der Waals surface area contributed by atoms with E-state index in [1.165, 1.54) is 16.2 Å². The SMILES string of the molecule is CCOC(=O)c1cc(C)sc1NC(=O)CCN1C(=O)C(C)(C)Oc2ccc(Cl)cc21. The highest BCUT2D eigenvalue weighted by Crippen LogP contribution is 2.39. The average Bonchev–Trinajstić information content (AvgIpc) is 3.03. The molecule has 1 aromatic carbocycles. The summed E-state index contributed by atoms with van der Waals surface area (Å²) >= 11 is 7.39. The number of nitrogens with zero attached hydrogens (tertiary/aromatic N) is 1. The van der Waals surface area contributed by atoms with Crippen LogP contribution in [0.1, 0.15) is 42.4 Å². The van der Waals surface area contributed by atoms with Gasteiger partial charge in [-0.3, -0.25) is 9.59 Å². The Balaban J connectivity index is 1.74. The fraction of sp³-hybridized carbons (Fsp3) is 0.381. The Morgan fingerprint density at radius 3 is 2.73 bits per heavy atom. The molecule has 1 N–H and O–H groups in total. The minimum Gasteiger partial charge on any atom is -0.476 e. The molecule has 0 spiro atoms. The summed E-state index contributed by atoms with van der Waals surface area (Å²) in [5.74, 6) is -0.527. The van der Waals surface area contributed by atoms with E-state index in [1.54, 1.807) is 45.0 Å². The second kappa shape index (κ2) is 8.65. The zero-order valence-corrected chi connectivity index (χ0v) is 18.8. The number of rotatable bonds is 6. The molecule has 1 aromatic heterocycles. The molecule has 0 unspecified atom stereocenters. The van der Waals surface area contributed by atoms with Gasteiger partial charge in [0.25, 0.3) is 5.91 Å². The van der Waals surface area contributed by atoms with Crippen molar-refractivity contribution in [3.8, 4) is 5.75 Å². The van der Waals surface area contributed by atoms with Gasteiger partial charge in [0.05, 0.1) is 17.9 Å². The number of amides is 2. The molecular weight excluding hydrogens is 428 g/mol. The first-order chi connectivity index (χ1) is 14.1. The number of halogens is 1. The number of fused-ring (bicyclic) bond motifs is 1. The van der Waals surface area contributed by atoms with Crippen LogP contribution >= 0.6 is 22.9 Å². The zero-order chi connectivity index (χ0) is 22.1. The Bertz CT molecular complexity index is 1000. The summed E-state index contributed by atoms with van der Waals surface area (Å²) in [6.07, 6.45) is 0.0347. The van der Waals surface area contributed by atoms with Gasteiger partial charge in [-0.15, -0.1) is 11.3 Å². The van der Waals surface area contributed by atoms with E-state index in [2.05, 4.69) is 5.32 Å². The molecule has 7 nitrogen and oxygen atoms in total. The van der Waals surface area contributed by atoms with Crippen molar-refractivity contribution in [1.82, 2.24) is 0 Å². The molecule has 3 rings (SSSR count). The fourth-order valence-electron chi connectivity index (χ4n) is 3.13. The summed E-state index contributed by atoms with van der Waals surface area (Å²) in [6, 6.07) is 6.72. The maximum Gasteiger partial charge on any atom is 0.341 e. The molecule has 1 aliphatic rings. The predicted octanol–water partition coefficient (Wildman–Crippen LogP) is 4.42. The van der Waals surface area contributed by atoms with Crippen LogP contribution in [0.25, 0.3) is 0 Å². The Hall–Kier alpha value is -2.58. The number of hydrogen-bond donors (Lipinski definition) is 1.